The van der Waals surface area contributed by atoms with Crippen LogP contribution in [0.15, 0.2) is 45.6 Å². The van der Waals surface area contributed by atoms with E-state index in [4.69, 9.17) is 9.15 Å². The third-order valence-corrected chi connectivity index (χ3v) is 5.13. The molecule has 1 aliphatic heterocycles. The molecule has 0 radical (unpaired) electrons. The maximum atomic E-state index is 13.4. The summed E-state index contributed by atoms with van der Waals surface area (Å²) in [7, 11) is 1.55. The van der Waals surface area contributed by atoms with Gasteiger partial charge in [0.2, 0.25) is 5.76 Å². The number of hydrogen-bond donors (Lipinski definition) is 0. The molecule has 0 spiro atoms. The maximum Gasteiger partial charge on any atom is 0.290 e. The molecule has 2 heterocycles. The van der Waals surface area contributed by atoms with Gasteiger partial charge in [-0.2, -0.15) is 0 Å². The quantitative estimate of drug-likeness (QED) is 0.691. The van der Waals surface area contributed by atoms with Crippen LogP contribution < -0.4 is 5.43 Å². The van der Waals surface area contributed by atoms with E-state index in [1.165, 1.54) is 12.1 Å². The fourth-order valence-electron chi connectivity index (χ4n) is 3.93. The van der Waals surface area contributed by atoms with Gasteiger partial charge in [0, 0.05) is 13.7 Å². The standard InChI is InChI=1S/C22H20FNO4/c1-12-10-13(2)17-16(11-12)28-21-18(20(17)25)19(14-4-6-15(23)7-5-14)24(22(21)26)8-9-27-3/h4-7,10-11,19H,8-9H2,1-3H3/t19-/m1/s1. The van der Waals surface area contributed by atoms with Crippen molar-refractivity contribution in [3.05, 3.63) is 80.5 Å². The number of carbonyl (C=O) groups is 1. The minimum Gasteiger partial charge on any atom is -0.450 e. The molecule has 3 aromatic rings. The molecule has 0 N–H and O–H groups in total. The molecule has 1 amide bonds. The lowest BCUT2D eigenvalue weighted by atomic mass is 9.97. The Balaban J connectivity index is 2.00. The lowest BCUT2D eigenvalue weighted by Gasteiger charge is -2.24. The first-order chi connectivity index (χ1) is 13.4. The molecule has 0 bridgehead atoms. The van der Waals surface area contributed by atoms with Crippen LogP contribution in [0.2, 0.25) is 0 Å². The molecule has 0 aliphatic carbocycles. The molecule has 1 atom stereocenters. The average Bonchev–Trinajstić information content (AvgIpc) is 2.92. The topological polar surface area (TPSA) is 59.8 Å². The third-order valence-electron chi connectivity index (χ3n) is 5.13. The van der Waals surface area contributed by atoms with Crippen LogP contribution in [0.5, 0.6) is 0 Å². The maximum absolute atomic E-state index is 13.4. The van der Waals surface area contributed by atoms with E-state index >= 15 is 0 Å². The number of carbonyl (C=O) groups excluding carboxylic acids is 1. The van der Waals surface area contributed by atoms with Crippen LogP contribution >= 0.6 is 0 Å². The van der Waals surface area contributed by atoms with Gasteiger partial charge in [0.1, 0.15) is 11.4 Å². The highest BCUT2D eigenvalue weighted by atomic mass is 19.1. The number of methoxy groups -OCH3 is 1. The average molecular weight is 381 g/mol. The Hall–Kier alpha value is -2.99. The van der Waals surface area contributed by atoms with Crippen LogP contribution in [0.3, 0.4) is 0 Å². The zero-order valence-electron chi connectivity index (χ0n) is 15.9. The largest absolute Gasteiger partial charge is 0.450 e. The number of aryl methyl sites for hydroxylation is 2. The number of nitrogens with zero attached hydrogens (tertiary/aromatic N) is 1. The van der Waals surface area contributed by atoms with Crippen LogP contribution in [0.1, 0.15) is 38.9 Å². The van der Waals surface area contributed by atoms with Crippen LogP contribution in [0, 0.1) is 19.7 Å². The monoisotopic (exact) mass is 381 g/mol. The van der Waals surface area contributed by atoms with Gasteiger partial charge in [-0.1, -0.05) is 18.2 Å². The molecule has 4 rings (SSSR count). The number of rotatable bonds is 4. The molecule has 2 aromatic carbocycles. The molecular weight excluding hydrogens is 361 g/mol. The normalized spacial score (nSPS) is 16.1. The van der Waals surface area contributed by atoms with E-state index in [1.54, 1.807) is 30.2 Å². The van der Waals surface area contributed by atoms with Crippen LogP contribution in [-0.2, 0) is 4.74 Å². The molecule has 5 nitrogen and oxygen atoms in total. The zero-order valence-corrected chi connectivity index (χ0v) is 15.9. The molecule has 1 aliphatic rings. The highest BCUT2D eigenvalue weighted by molar-refractivity contribution is 5.99. The number of halogens is 1. The Morgan fingerprint density at radius 3 is 2.54 bits per heavy atom. The molecular formula is C22H20FNO4. The second-order valence-electron chi connectivity index (χ2n) is 7.07. The molecule has 0 saturated carbocycles. The Bertz CT molecular complexity index is 1130. The Morgan fingerprint density at radius 1 is 1.14 bits per heavy atom. The van der Waals surface area contributed by atoms with E-state index in [1.807, 2.05) is 19.9 Å². The molecule has 28 heavy (non-hydrogen) atoms. The lowest BCUT2D eigenvalue weighted by molar-refractivity contribution is 0.0663. The fourth-order valence-corrected chi connectivity index (χ4v) is 3.93. The van der Waals surface area contributed by atoms with Crippen LogP contribution in [0.25, 0.3) is 11.0 Å². The molecule has 0 unspecified atom stereocenters. The summed E-state index contributed by atoms with van der Waals surface area (Å²) in [6.45, 7) is 4.36. The molecule has 6 heteroatoms. The number of amides is 1. The Morgan fingerprint density at radius 2 is 1.86 bits per heavy atom. The summed E-state index contributed by atoms with van der Waals surface area (Å²) in [5.74, 6) is -0.693. The van der Waals surface area contributed by atoms with Gasteiger partial charge >= 0.3 is 0 Å². The van der Waals surface area contributed by atoms with Crippen molar-refractivity contribution in [1.29, 1.82) is 0 Å². The Kier molecular flexibility index (Phi) is 4.51. The van der Waals surface area contributed by atoms with Gasteiger partial charge in [-0.05, 0) is 48.7 Å². The summed E-state index contributed by atoms with van der Waals surface area (Å²) in [6.07, 6.45) is 0. The number of ether oxygens (including phenoxy) is 1. The summed E-state index contributed by atoms with van der Waals surface area (Å²) >= 11 is 0. The van der Waals surface area contributed by atoms with Crippen molar-refractivity contribution in [2.75, 3.05) is 20.3 Å². The number of benzene rings is 2. The highest BCUT2D eigenvalue weighted by Gasteiger charge is 2.42. The van der Waals surface area contributed by atoms with E-state index in [2.05, 4.69) is 0 Å². The van der Waals surface area contributed by atoms with Crippen molar-refractivity contribution in [3.63, 3.8) is 0 Å². The van der Waals surface area contributed by atoms with E-state index in [-0.39, 0.29) is 29.5 Å². The van der Waals surface area contributed by atoms with Gasteiger partial charge in [-0.3, -0.25) is 9.59 Å². The van der Waals surface area contributed by atoms with Gasteiger partial charge in [0.15, 0.2) is 5.43 Å². The summed E-state index contributed by atoms with van der Waals surface area (Å²) < 4.78 is 24.5. The van der Waals surface area contributed by atoms with E-state index < -0.39 is 6.04 Å². The van der Waals surface area contributed by atoms with E-state index in [0.29, 0.717) is 28.7 Å². The second-order valence-corrected chi connectivity index (χ2v) is 7.07. The van der Waals surface area contributed by atoms with E-state index in [9.17, 15) is 14.0 Å². The number of hydrogen-bond acceptors (Lipinski definition) is 4. The van der Waals surface area contributed by atoms with Crippen LogP contribution in [-0.4, -0.2) is 31.1 Å². The predicted octanol–water partition coefficient (Wildman–Crippen LogP) is 3.74. The SMILES string of the molecule is COCCN1C(=O)c2oc3cc(C)cc(C)c3c(=O)c2[C@H]1c1ccc(F)cc1. The van der Waals surface area contributed by atoms with Crippen molar-refractivity contribution in [2.45, 2.75) is 19.9 Å². The minimum atomic E-state index is -0.639. The fraction of sp³-hybridized carbons (Fsp3) is 0.273. The van der Waals surface area contributed by atoms with Gasteiger partial charge in [-0.15, -0.1) is 0 Å². The van der Waals surface area contributed by atoms with Gasteiger partial charge < -0.3 is 14.1 Å². The second kappa shape index (κ2) is 6.87. The van der Waals surface area contributed by atoms with Crippen molar-refractivity contribution in [3.8, 4) is 0 Å². The molecule has 144 valence electrons. The summed E-state index contributed by atoms with van der Waals surface area (Å²) in [4.78, 5) is 28.1. The summed E-state index contributed by atoms with van der Waals surface area (Å²) in [5.41, 5.74) is 2.88. The molecule has 1 aromatic heterocycles. The first kappa shape index (κ1) is 18.4. The smallest absolute Gasteiger partial charge is 0.290 e. The first-order valence-corrected chi connectivity index (χ1v) is 9.05. The zero-order chi connectivity index (χ0) is 20.0. The van der Waals surface area contributed by atoms with Gasteiger partial charge in [0.05, 0.1) is 23.6 Å². The van der Waals surface area contributed by atoms with Crippen molar-refractivity contribution in [1.82, 2.24) is 4.90 Å². The third kappa shape index (κ3) is 2.81. The summed E-state index contributed by atoms with van der Waals surface area (Å²) in [5, 5.41) is 0.470. The lowest BCUT2D eigenvalue weighted by Crippen LogP contribution is -2.32. The van der Waals surface area contributed by atoms with Crippen LogP contribution in [0.4, 0.5) is 4.39 Å². The predicted molar refractivity (Wildman–Crippen MR) is 103 cm³/mol. The summed E-state index contributed by atoms with van der Waals surface area (Å²) in [6, 6.07) is 8.87. The highest BCUT2D eigenvalue weighted by Crippen LogP contribution is 2.38. The first-order valence-electron chi connectivity index (χ1n) is 9.05. The Labute approximate surface area is 161 Å². The number of fused-ring (bicyclic) bond motifs is 2. The van der Waals surface area contributed by atoms with Crippen molar-refractivity contribution < 1.29 is 18.3 Å². The van der Waals surface area contributed by atoms with Crippen molar-refractivity contribution >= 4 is 16.9 Å². The van der Waals surface area contributed by atoms with Gasteiger partial charge in [-0.25, -0.2) is 4.39 Å². The van der Waals surface area contributed by atoms with Crippen molar-refractivity contribution in [2.24, 2.45) is 0 Å². The van der Waals surface area contributed by atoms with E-state index in [0.717, 1.165) is 11.1 Å². The molecule has 0 saturated heterocycles. The molecule has 0 fully saturated rings. The van der Waals surface area contributed by atoms with Gasteiger partial charge in [0.25, 0.3) is 5.91 Å². The minimum absolute atomic E-state index is 0.0490.